The molecule has 5 aromatic rings. The molecule has 0 radical (unpaired) electrons. The molecule has 1 atom stereocenters. The minimum absolute atomic E-state index is 0.0858. The summed E-state index contributed by atoms with van der Waals surface area (Å²) in [6, 6.07) is 16.2. The molecule has 0 saturated carbocycles. The lowest BCUT2D eigenvalue weighted by atomic mass is 10.1. The van der Waals surface area contributed by atoms with Gasteiger partial charge < -0.3 is 10.3 Å². The van der Waals surface area contributed by atoms with Gasteiger partial charge in [-0.05, 0) is 24.6 Å². The van der Waals surface area contributed by atoms with Gasteiger partial charge in [0.25, 0.3) is 0 Å². The summed E-state index contributed by atoms with van der Waals surface area (Å²) in [7, 11) is 0. The van der Waals surface area contributed by atoms with E-state index in [1.54, 1.807) is 12.5 Å². The summed E-state index contributed by atoms with van der Waals surface area (Å²) in [5.41, 5.74) is 4.26. The van der Waals surface area contributed by atoms with Crippen molar-refractivity contribution in [1.82, 2.24) is 29.3 Å². The third-order valence-corrected chi connectivity index (χ3v) is 4.58. The Balaban J connectivity index is 1.61. The lowest BCUT2D eigenvalue weighted by molar-refractivity contribution is 0.875. The van der Waals surface area contributed by atoms with E-state index < -0.39 is 0 Å². The van der Waals surface area contributed by atoms with Gasteiger partial charge in [0.15, 0.2) is 17.3 Å². The van der Waals surface area contributed by atoms with Crippen LogP contribution in [-0.2, 0) is 0 Å². The molecule has 0 aliphatic heterocycles. The Labute approximate surface area is 155 Å². The van der Waals surface area contributed by atoms with Crippen LogP contribution < -0.4 is 5.32 Å². The molecule has 0 spiro atoms. The molecule has 0 fully saturated rings. The topological polar surface area (TPSA) is 83.8 Å². The molecule has 0 amide bonds. The van der Waals surface area contributed by atoms with Gasteiger partial charge in [0, 0.05) is 6.20 Å². The Morgan fingerprint density at radius 2 is 1.85 bits per heavy atom. The number of hydrogen-bond acceptors (Lipinski definition) is 5. The lowest BCUT2D eigenvalue weighted by Crippen LogP contribution is -2.09. The molecule has 2 N–H and O–H groups in total. The molecule has 132 valence electrons. The van der Waals surface area contributed by atoms with Crippen molar-refractivity contribution in [2.24, 2.45) is 0 Å². The number of imidazole rings is 2. The van der Waals surface area contributed by atoms with Gasteiger partial charge in [-0.1, -0.05) is 36.4 Å². The van der Waals surface area contributed by atoms with Gasteiger partial charge in [-0.15, -0.1) is 0 Å². The van der Waals surface area contributed by atoms with Crippen molar-refractivity contribution in [3.05, 3.63) is 72.8 Å². The van der Waals surface area contributed by atoms with E-state index in [1.807, 2.05) is 47.0 Å². The maximum atomic E-state index is 4.78. The SMILES string of the molecule is CC(Nc1nc(-c2cnc3ccccn23)nc2nc[nH]c12)c1ccccc1. The van der Waals surface area contributed by atoms with E-state index in [1.165, 1.54) is 5.56 Å². The molecule has 7 heteroatoms. The molecule has 0 aliphatic carbocycles. The average molecular weight is 355 g/mol. The summed E-state index contributed by atoms with van der Waals surface area (Å²) in [5.74, 6) is 1.30. The Kier molecular flexibility index (Phi) is 3.57. The second kappa shape index (κ2) is 6.21. The normalized spacial score (nSPS) is 12.5. The highest BCUT2D eigenvalue weighted by Gasteiger charge is 2.16. The van der Waals surface area contributed by atoms with E-state index in [-0.39, 0.29) is 6.04 Å². The number of nitrogens with zero attached hydrogens (tertiary/aromatic N) is 5. The first-order chi connectivity index (χ1) is 13.3. The van der Waals surface area contributed by atoms with Crippen LogP contribution in [0.4, 0.5) is 5.82 Å². The van der Waals surface area contributed by atoms with Crippen LogP contribution in [0.5, 0.6) is 0 Å². The first kappa shape index (κ1) is 15.5. The molecule has 0 saturated heterocycles. The van der Waals surface area contributed by atoms with Crippen LogP contribution in [0.25, 0.3) is 28.3 Å². The highest BCUT2D eigenvalue weighted by atomic mass is 15.1. The van der Waals surface area contributed by atoms with Crippen molar-refractivity contribution in [2.75, 3.05) is 5.32 Å². The van der Waals surface area contributed by atoms with Crippen LogP contribution in [0.3, 0.4) is 0 Å². The smallest absolute Gasteiger partial charge is 0.183 e. The maximum Gasteiger partial charge on any atom is 0.183 e. The van der Waals surface area contributed by atoms with Gasteiger partial charge in [0.05, 0.1) is 18.6 Å². The number of fused-ring (bicyclic) bond motifs is 2. The number of aromatic amines is 1. The van der Waals surface area contributed by atoms with E-state index in [2.05, 4.69) is 44.3 Å². The van der Waals surface area contributed by atoms with Crippen LogP contribution in [-0.4, -0.2) is 29.3 Å². The van der Waals surface area contributed by atoms with Crippen molar-refractivity contribution >= 4 is 22.6 Å². The number of rotatable bonds is 4. The van der Waals surface area contributed by atoms with Crippen LogP contribution >= 0.6 is 0 Å². The van der Waals surface area contributed by atoms with E-state index in [9.17, 15) is 0 Å². The number of benzene rings is 1. The molecule has 4 heterocycles. The highest BCUT2D eigenvalue weighted by molar-refractivity contribution is 5.84. The molecule has 5 rings (SSSR count). The zero-order valence-corrected chi connectivity index (χ0v) is 14.7. The first-order valence-electron chi connectivity index (χ1n) is 8.74. The standard InChI is InChI=1S/C20H17N7/c1-13(14-7-3-2-4-8-14)24-20-17-19(23-12-22-17)25-18(26-20)15-11-21-16-9-5-6-10-27(15)16/h2-13H,1H3,(H2,22,23,24,25,26). The van der Waals surface area contributed by atoms with Gasteiger partial charge in [-0.2, -0.15) is 0 Å². The molecule has 0 aliphatic rings. The number of aromatic nitrogens is 6. The zero-order chi connectivity index (χ0) is 18.2. The summed E-state index contributed by atoms with van der Waals surface area (Å²) in [6.45, 7) is 2.10. The Hall–Kier alpha value is -3.74. The minimum atomic E-state index is 0.0858. The van der Waals surface area contributed by atoms with Crippen molar-refractivity contribution in [1.29, 1.82) is 0 Å². The fourth-order valence-corrected chi connectivity index (χ4v) is 3.18. The molecular formula is C20H17N7. The van der Waals surface area contributed by atoms with Crippen molar-refractivity contribution in [3.63, 3.8) is 0 Å². The van der Waals surface area contributed by atoms with Crippen LogP contribution in [0.15, 0.2) is 67.3 Å². The fourth-order valence-electron chi connectivity index (χ4n) is 3.18. The maximum absolute atomic E-state index is 4.78. The van der Waals surface area contributed by atoms with E-state index in [0.717, 1.165) is 22.7 Å². The third kappa shape index (κ3) is 2.69. The third-order valence-electron chi connectivity index (χ3n) is 4.58. The highest BCUT2D eigenvalue weighted by Crippen LogP contribution is 2.26. The van der Waals surface area contributed by atoms with Gasteiger partial charge in [-0.3, -0.25) is 4.40 Å². The van der Waals surface area contributed by atoms with Crippen molar-refractivity contribution in [3.8, 4) is 11.5 Å². The Morgan fingerprint density at radius 3 is 2.74 bits per heavy atom. The quantitative estimate of drug-likeness (QED) is 0.512. The fraction of sp³-hybridized carbons (Fsp3) is 0.100. The summed E-state index contributed by atoms with van der Waals surface area (Å²) in [4.78, 5) is 21.3. The summed E-state index contributed by atoms with van der Waals surface area (Å²) >= 11 is 0. The summed E-state index contributed by atoms with van der Waals surface area (Å²) < 4.78 is 1.97. The number of hydrogen-bond donors (Lipinski definition) is 2. The largest absolute Gasteiger partial charge is 0.362 e. The minimum Gasteiger partial charge on any atom is -0.362 e. The molecule has 1 unspecified atom stereocenters. The van der Waals surface area contributed by atoms with Gasteiger partial charge >= 0.3 is 0 Å². The van der Waals surface area contributed by atoms with E-state index >= 15 is 0 Å². The molecule has 0 bridgehead atoms. The first-order valence-corrected chi connectivity index (χ1v) is 8.74. The van der Waals surface area contributed by atoms with Crippen molar-refractivity contribution in [2.45, 2.75) is 13.0 Å². The molecule has 27 heavy (non-hydrogen) atoms. The Bertz CT molecular complexity index is 1220. The van der Waals surface area contributed by atoms with Crippen LogP contribution in [0.1, 0.15) is 18.5 Å². The zero-order valence-electron chi connectivity index (χ0n) is 14.7. The van der Waals surface area contributed by atoms with Gasteiger partial charge in [0.1, 0.15) is 16.9 Å². The second-order valence-corrected chi connectivity index (χ2v) is 6.35. The summed E-state index contributed by atoms with van der Waals surface area (Å²) in [6.07, 6.45) is 5.37. The number of pyridine rings is 1. The predicted molar refractivity (Wildman–Crippen MR) is 104 cm³/mol. The van der Waals surface area contributed by atoms with Crippen molar-refractivity contribution < 1.29 is 0 Å². The predicted octanol–water partition coefficient (Wildman–Crippen LogP) is 3.84. The average Bonchev–Trinajstić information content (AvgIpc) is 3.35. The van der Waals surface area contributed by atoms with Gasteiger partial charge in [0.2, 0.25) is 0 Å². The monoisotopic (exact) mass is 355 g/mol. The second-order valence-electron chi connectivity index (χ2n) is 6.35. The summed E-state index contributed by atoms with van der Waals surface area (Å²) in [5, 5.41) is 3.49. The number of anilines is 1. The molecular weight excluding hydrogens is 338 g/mol. The van der Waals surface area contributed by atoms with E-state index in [0.29, 0.717) is 11.5 Å². The number of H-pyrrole nitrogens is 1. The number of nitrogens with one attached hydrogen (secondary N) is 2. The molecule has 7 nitrogen and oxygen atoms in total. The molecule has 1 aromatic carbocycles. The Morgan fingerprint density at radius 1 is 1.00 bits per heavy atom. The van der Waals surface area contributed by atoms with Gasteiger partial charge in [-0.25, -0.2) is 19.9 Å². The lowest BCUT2D eigenvalue weighted by Gasteiger charge is -2.15. The van der Waals surface area contributed by atoms with Crippen LogP contribution in [0.2, 0.25) is 0 Å². The van der Waals surface area contributed by atoms with Crippen LogP contribution in [0, 0.1) is 0 Å². The molecule has 4 aromatic heterocycles. The van der Waals surface area contributed by atoms with E-state index in [4.69, 9.17) is 4.98 Å².